The Balaban J connectivity index is 1.34. The number of amides is 1. The molecule has 0 fully saturated rings. The second kappa shape index (κ2) is 9.46. The van der Waals surface area contributed by atoms with Crippen molar-refractivity contribution in [3.8, 4) is 17.1 Å². The summed E-state index contributed by atoms with van der Waals surface area (Å²) in [6.45, 7) is 2.82. The van der Waals surface area contributed by atoms with Gasteiger partial charge in [0.05, 0.1) is 18.0 Å². The SMILES string of the molecule is CCCCOc1ccc(-c2nnn(CC(=O)N3c4ccccc4Sc4ccccc43)n2)cc1. The molecule has 1 aliphatic heterocycles. The van der Waals surface area contributed by atoms with Crippen molar-refractivity contribution < 1.29 is 9.53 Å². The molecule has 0 spiro atoms. The zero-order valence-corrected chi connectivity index (χ0v) is 19.0. The van der Waals surface area contributed by atoms with Gasteiger partial charge in [0, 0.05) is 15.4 Å². The van der Waals surface area contributed by atoms with Crippen LogP contribution in [0.1, 0.15) is 19.8 Å². The molecule has 1 aliphatic rings. The minimum Gasteiger partial charge on any atom is -0.494 e. The molecule has 0 saturated heterocycles. The van der Waals surface area contributed by atoms with Crippen molar-refractivity contribution in [3.63, 3.8) is 0 Å². The topological polar surface area (TPSA) is 73.1 Å². The van der Waals surface area contributed by atoms with Crippen molar-refractivity contribution in [2.45, 2.75) is 36.1 Å². The molecule has 7 nitrogen and oxygen atoms in total. The number of ether oxygens (including phenoxy) is 1. The number of anilines is 2. The van der Waals surface area contributed by atoms with Crippen LogP contribution in [-0.4, -0.2) is 32.7 Å². The lowest BCUT2D eigenvalue weighted by atomic mass is 10.2. The predicted molar refractivity (Wildman–Crippen MR) is 128 cm³/mol. The van der Waals surface area contributed by atoms with E-state index in [0.717, 1.165) is 45.3 Å². The summed E-state index contributed by atoms with van der Waals surface area (Å²) in [6.07, 6.45) is 2.12. The van der Waals surface area contributed by atoms with E-state index in [2.05, 4.69) is 22.3 Å². The van der Waals surface area contributed by atoms with Gasteiger partial charge in [0.1, 0.15) is 12.3 Å². The number of rotatable bonds is 7. The van der Waals surface area contributed by atoms with E-state index in [0.29, 0.717) is 12.4 Å². The summed E-state index contributed by atoms with van der Waals surface area (Å²) < 4.78 is 5.71. The van der Waals surface area contributed by atoms with E-state index in [-0.39, 0.29) is 12.5 Å². The van der Waals surface area contributed by atoms with E-state index in [1.165, 1.54) is 4.80 Å². The fraction of sp³-hybridized carbons (Fsp3) is 0.200. The monoisotopic (exact) mass is 457 g/mol. The number of nitrogens with zero attached hydrogens (tertiary/aromatic N) is 5. The summed E-state index contributed by atoms with van der Waals surface area (Å²) in [7, 11) is 0. The summed E-state index contributed by atoms with van der Waals surface area (Å²) in [4.78, 5) is 18.5. The van der Waals surface area contributed by atoms with Crippen LogP contribution >= 0.6 is 11.8 Å². The first-order valence-electron chi connectivity index (χ1n) is 10.9. The van der Waals surface area contributed by atoms with Gasteiger partial charge >= 0.3 is 0 Å². The Morgan fingerprint density at radius 3 is 2.27 bits per heavy atom. The molecule has 0 atom stereocenters. The maximum absolute atomic E-state index is 13.4. The van der Waals surface area contributed by atoms with E-state index >= 15 is 0 Å². The summed E-state index contributed by atoms with van der Waals surface area (Å²) in [5, 5.41) is 12.7. The average Bonchev–Trinajstić information content (AvgIpc) is 3.31. The van der Waals surface area contributed by atoms with Crippen LogP contribution in [0.5, 0.6) is 5.75 Å². The first kappa shape index (κ1) is 21.2. The molecule has 3 aromatic carbocycles. The van der Waals surface area contributed by atoms with Crippen LogP contribution in [0.3, 0.4) is 0 Å². The number of tetrazole rings is 1. The number of benzene rings is 3. The van der Waals surface area contributed by atoms with E-state index in [1.807, 2.05) is 72.8 Å². The quantitative estimate of drug-likeness (QED) is 0.349. The minimum atomic E-state index is -0.126. The lowest BCUT2D eigenvalue weighted by Crippen LogP contribution is -2.32. The van der Waals surface area contributed by atoms with Gasteiger partial charge in [-0.3, -0.25) is 9.69 Å². The molecular weight excluding hydrogens is 434 g/mol. The van der Waals surface area contributed by atoms with Crippen molar-refractivity contribution in [1.29, 1.82) is 0 Å². The number of aromatic nitrogens is 4. The number of fused-ring (bicyclic) bond motifs is 2. The Morgan fingerprint density at radius 2 is 1.61 bits per heavy atom. The van der Waals surface area contributed by atoms with Crippen molar-refractivity contribution in [3.05, 3.63) is 72.8 Å². The summed E-state index contributed by atoms with van der Waals surface area (Å²) in [6, 6.07) is 23.4. The molecule has 0 saturated carbocycles. The molecule has 166 valence electrons. The second-order valence-electron chi connectivity index (χ2n) is 7.64. The zero-order valence-electron chi connectivity index (χ0n) is 18.2. The molecular formula is C25H23N5O2S. The largest absolute Gasteiger partial charge is 0.494 e. The van der Waals surface area contributed by atoms with Crippen molar-refractivity contribution in [2.24, 2.45) is 0 Å². The maximum atomic E-state index is 13.4. The van der Waals surface area contributed by atoms with E-state index in [9.17, 15) is 4.79 Å². The second-order valence-corrected chi connectivity index (χ2v) is 8.72. The number of hydrogen-bond donors (Lipinski definition) is 0. The molecule has 8 heteroatoms. The van der Waals surface area contributed by atoms with Gasteiger partial charge in [-0.2, -0.15) is 4.80 Å². The van der Waals surface area contributed by atoms with Crippen molar-refractivity contribution in [1.82, 2.24) is 20.2 Å². The number of hydrogen-bond acceptors (Lipinski definition) is 6. The van der Waals surface area contributed by atoms with Crippen molar-refractivity contribution >= 4 is 29.0 Å². The van der Waals surface area contributed by atoms with Crippen LogP contribution in [-0.2, 0) is 11.3 Å². The van der Waals surface area contributed by atoms with Crippen LogP contribution in [0.4, 0.5) is 11.4 Å². The first-order chi connectivity index (χ1) is 16.2. The molecule has 2 heterocycles. The number of carbonyl (C=O) groups excluding carboxylic acids is 1. The van der Waals surface area contributed by atoms with E-state index < -0.39 is 0 Å². The number of unbranched alkanes of at least 4 members (excludes halogenated alkanes) is 1. The molecule has 0 unspecified atom stereocenters. The lowest BCUT2D eigenvalue weighted by Gasteiger charge is -2.30. The molecule has 0 aliphatic carbocycles. The average molecular weight is 458 g/mol. The first-order valence-corrected chi connectivity index (χ1v) is 11.7. The number of para-hydroxylation sites is 2. The van der Waals surface area contributed by atoms with Crippen LogP contribution < -0.4 is 9.64 Å². The van der Waals surface area contributed by atoms with Gasteiger partial charge in [-0.25, -0.2) is 0 Å². The van der Waals surface area contributed by atoms with Gasteiger partial charge in [-0.05, 0) is 60.2 Å². The van der Waals surface area contributed by atoms with Crippen molar-refractivity contribution in [2.75, 3.05) is 11.5 Å². The normalized spacial score (nSPS) is 12.2. The lowest BCUT2D eigenvalue weighted by molar-refractivity contribution is -0.118. The third-order valence-corrected chi connectivity index (χ3v) is 6.42. The highest BCUT2D eigenvalue weighted by atomic mass is 32.2. The van der Waals surface area contributed by atoms with E-state index in [4.69, 9.17) is 4.74 Å². The molecule has 1 aromatic heterocycles. The zero-order chi connectivity index (χ0) is 22.6. The molecule has 33 heavy (non-hydrogen) atoms. The van der Waals surface area contributed by atoms with Crippen LogP contribution in [0.25, 0.3) is 11.4 Å². The highest BCUT2D eigenvalue weighted by molar-refractivity contribution is 7.99. The van der Waals surface area contributed by atoms with Gasteiger partial charge in [0.25, 0.3) is 5.91 Å². The summed E-state index contributed by atoms with van der Waals surface area (Å²) in [5.41, 5.74) is 2.55. The van der Waals surface area contributed by atoms with Gasteiger partial charge in [-0.15, -0.1) is 10.2 Å². The molecule has 4 aromatic rings. The molecule has 1 amide bonds. The molecule has 0 radical (unpaired) electrons. The number of carbonyl (C=O) groups is 1. The third kappa shape index (κ3) is 4.47. The Hall–Kier alpha value is -3.65. The van der Waals surface area contributed by atoms with Gasteiger partial charge in [0.2, 0.25) is 5.82 Å². The smallest absolute Gasteiger partial charge is 0.255 e. The third-order valence-electron chi connectivity index (χ3n) is 5.29. The Kier molecular flexibility index (Phi) is 6.08. The summed E-state index contributed by atoms with van der Waals surface area (Å²) >= 11 is 1.66. The highest BCUT2D eigenvalue weighted by Gasteiger charge is 2.28. The molecule has 5 rings (SSSR count). The molecule has 0 N–H and O–H groups in total. The van der Waals surface area contributed by atoms with Crippen LogP contribution in [0.2, 0.25) is 0 Å². The minimum absolute atomic E-state index is 0.0153. The fourth-order valence-corrected chi connectivity index (χ4v) is 4.68. The van der Waals surface area contributed by atoms with Gasteiger partial charge < -0.3 is 4.74 Å². The standard InChI is InChI=1S/C25H23N5O2S/c1-2-3-16-32-19-14-12-18(13-15-19)25-26-28-29(27-25)17-24(31)30-20-8-4-6-10-22(20)33-23-11-7-5-9-21(23)30/h4-15H,2-3,16-17H2,1H3. The van der Waals surface area contributed by atoms with Gasteiger partial charge in [-0.1, -0.05) is 49.4 Å². The Labute approximate surface area is 196 Å². The Morgan fingerprint density at radius 1 is 0.939 bits per heavy atom. The Bertz CT molecular complexity index is 1230. The molecule has 0 bridgehead atoms. The highest BCUT2D eigenvalue weighted by Crippen LogP contribution is 2.47. The van der Waals surface area contributed by atoms with Crippen LogP contribution in [0.15, 0.2) is 82.6 Å². The predicted octanol–water partition coefficient (Wildman–Crippen LogP) is 5.35. The van der Waals surface area contributed by atoms with E-state index in [1.54, 1.807) is 16.7 Å². The maximum Gasteiger partial charge on any atom is 0.255 e. The fourth-order valence-electron chi connectivity index (χ4n) is 3.63. The van der Waals surface area contributed by atoms with Crippen LogP contribution in [0, 0.1) is 0 Å². The van der Waals surface area contributed by atoms with Gasteiger partial charge in [0.15, 0.2) is 0 Å². The summed E-state index contributed by atoms with van der Waals surface area (Å²) in [5.74, 6) is 1.16.